The Morgan fingerprint density at radius 1 is 1.09 bits per heavy atom. The lowest BCUT2D eigenvalue weighted by Gasteiger charge is -2.50. The van der Waals surface area contributed by atoms with Crippen LogP contribution in [0.2, 0.25) is 0 Å². The number of nitrogens with two attached hydrogens (primary N) is 1. The summed E-state index contributed by atoms with van der Waals surface area (Å²) in [5.74, 6) is 1.14. The Labute approximate surface area is 190 Å². The van der Waals surface area contributed by atoms with Gasteiger partial charge in [-0.25, -0.2) is 4.98 Å². The Hall–Kier alpha value is -3.10. The van der Waals surface area contributed by atoms with E-state index in [1.165, 1.54) is 29.7 Å². The van der Waals surface area contributed by atoms with Crippen molar-refractivity contribution in [2.24, 2.45) is 5.92 Å². The lowest BCUT2D eigenvalue weighted by atomic mass is 9.78. The number of ether oxygens (including phenoxy) is 1. The summed E-state index contributed by atoms with van der Waals surface area (Å²) in [5.41, 5.74) is 9.73. The summed E-state index contributed by atoms with van der Waals surface area (Å²) in [7, 11) is 0. The van der Waals surface area contributed by atoms with Gasteiger partial charge in [0.25, 0.3) is 0 Å². The first-order chi connectivity index (χ1) is 15.7. The SMILES string of the molecule is Nc1nc2cc(-c3ccc(OC4C5CCN(CC5)C4Cc4cccnc4)nn3)ccc2s1. The predicted octanol–water partition coefficient (Wildman–Crippen LogP) is 3.81. The Morgan fingerprint density at radius 3 is 2.78 bits per heavy atom. The van der Waals surface area contributed by atoms with Crippen molar-refractivity contribution in [2.75, 3.05) is 18.8 Å². The molecule has 2 bridgehead atoms. The minimum absolute atomic E-state index is 0.118. The van der Waals surface area contributed by atoms with Crippen LogP contribution in [0.5, 0.6) is 5.88 Å². The molecule has 0 radical (unpaired) electrons. The molecule has 4 aromatic rings. The summed E-state index contributed by atoms with van der Waals surface area (Å²) in [5, 5.41) is 9.43. The van der Waals surface area contributed by atoms with Crippen molar-refractivity contribution >= 4 is 26.7 Å². The van der Waals surface area contributed by atoms with Gasteiger partial charge in [-0.3, -0.25) is 9.88 Å². The van der Waals surface area contributed by atoms with Crippen LogP contribution in [0.1, 0.15) is 18.4 Å². The topological polar surface area (TPSA) is 90.1 Å². The molecular formula is C24H24N6OS. The fourth-order valence-electron chi connectivity index (χ4n) is 5.06. The summed E-state index contributed by atoms with van der Waals surface area (Å²) >= 11 is 1.49. The van der Waals surface area contributed by atoms with Crippen molar-refractivity contribution in [3.8, 4) is 17.1 Å². The van der Waals surface area contributed by atoms with Crippen LogP contribution in [-0.2, 0) is 6.42 Å². The van der Waals surface area contributed by atoms with Gasteiger partial charge in [0.2, 0.25) is 5.88 Å². The molecular weight excluding hydrogens is 420 g/mol. The van der Waals surface area contributed by atoms with Gasteiger partial charge in [0.1, 0.15) is 6.10 Å². The maximum absolute atomic E-state index is 6.48. The number of hydrogen-bond donors (Lipinski definition) is 1. The van der Waals surface area contributed by atoms with E-state index in [4.69, 9.17) is 10.5 Å². The second kappa shape index (κ2) is 8.11. The highest BCUT2D eigenvalue weighted by molar-refractivity contribution is 7.22. The lowest BCUT2D eigenvalue weighted by molar-refractivity contribution is -0.0599. The maximum Gasteiger partial charge on any atom is 0.233 e. The molecule has 7 nitrogen and oxygen atoms in total. The third kappa shape index (κ3) is 3.69. The monoisotopic (exact) mass is 444 g/mol. The average Bonchev–Trinajstić information content (AvgIpc) is 3.21. The highest BCUT2D eigenvalue weighted by Crippen LogP contribution is 2.36. The van der Waals surface area contributed by atoms with Crippen molar-refractivity contribution in [1.29, 1.82) is 0 Å². The van der Waals surface area contributed by atoms with Crippen LogP contribution in [0, 0.1) is 5.92 Å². The van der Waals surface area contributed by atoms with E-state index in [-0.39, 0.29) is 6.10 Å². The molecule has 162 valence electrons. The standard InChI is InChI=1S/C24H24N6OS/c25-24-27-19-13-17(3-5-21(19)32-24)18-4-6-22(29-28-18)31-23-16-7-10-30(11-8-16)20(23)12-15-2-1-9-26-14-15/h1-6,9,13-14,16,20,23H,7-8,10-12H2,(H2,25,27). The number of hydrogen-bond acceptors (Lipinski definition) is 8. The van der Waals surface area contributed by atoms with E-state index in [9.17, 15) is 0 Å². The molecule has 3 saturated heterocycles. The number of anilines is 1. The van der Waals surface area contributed by atoms with E-state index in [0.717, 1.165) is 41.0 Å². The largest absolute Gasteiger partial charge is 0.471 e. The van der Waals surface area contributed by atoms with Crippen LogP contribution in [0.25, 0.3) is 21.5 Å². The molecule has 32 heavy (non-hydrogen) atoms. The lowest BCUT2D eigenvalue weighted by Crippen LogP contribution is -2.60. The number of nitrogen functional groups attached to an aromatic ring is 1. The van der Waals surface area contributed by atoms with Crippen molar-refractivity contribution < 1.29 is 4.74 Å². The van der Waals surface area contributed by atoms with Crippen LogP contribution in [0.15, 0.2) is 54.9 Å². The maximum atomic E-state index is 6.48. The van der Waals surface area contributed by atoms with E-state index < -0.39 is 0 Å². The molecule has 0 saturated carbocycles. The Morgan fingerprint density at radius 2 is 2.00 bits per heavy atom. The van der Waals surface area contributed by atoms with E-state index >= 15 is 0 Å². The average molecular weight is 445 g/mol. The minimum atomic E-state index is 0.118. The van der Waals surface area contributed by atoms with Crippen LogP contribution < -0.4 is 10.5 Å². The van der Waals surface area contributed by atoms with Gasteiger partial charge in [-0.1, -0.05) is 23.5 Å². The molecule has 8 heteroatoms. The first kappa shape index (κ1) is 19.6. The predicted molar refractivity (Wildman–Crippen MR) is 126 cm³/mol. The molecule has 3 aliphatic rings. The molecule has 0 spiro atoms. The van der Waals surface area contributed by atoms with Gasteiger partial charge < -0.3 is 10.5 Å². The van der Waals surface area contributed by atoms with Gasteiger partial charge in [-0.2, -0.15) is 0 Å². The molecule has 0 amide bonds. The highest BCUT2D eigenvalue weighted by atomic mass is 32.1. The van der Waals surface area contributed by atoms with Crippen LogP contribution in [0.3, 0.4) is 0 Å². The Bertz CT molecular complexity index is 1220. The van der Waals surface area contributed by atoms with E-state index in [1.807, 2.05) is 48.8 Å². The smallest absolute Gasteiger partial charge is 0.233 e. The fourth-order valence-corrected chi connectivity index (χ4v) is 5.78. The third-order valence-corrected chi connectivity index (χ3v) is 7.52. The highest BCUT2D eigenvalue weighted by Gasteiger charge is 2.43. The molecule has 3 fully saturated rings. The molecule has 3 aliphatic heterocycles. The minimum Gasteiger partial charge on any atom is -0.471 e. The van der Waals surface area contributed by atoms with Gasteiger partial charge >= 0.3 is 0 Å². The van der Waals surface area contributed by atoms with Gasteiger partial charge in [-0.05, 0) is 68.1 Å². The number of nitrogens with zero attached hydrogens (tertiary/aromatic N) is 5. The number of piperidine rings is 3. The molecule has 1 aromatic carbocycles. The van der Waals surface area contributed by atoms with E-state index in [2.05, 4.69) is 31.1 Å². The second-order valence-electron chi connectivity index (χ2n) is 8.58. The van der Waals surface area contributed by atoms with E-state index in [0.29, 0.717) is 23.0 Å². The van der Waals surface area contributed by atoms with Gasteiger partial charge in [0, 0.05) is 24.0 Å². The molecule has 2 unspecified atom stereocenters. The van der Waals surface area contributed by atoms with Gasteiger partial charge in [0.15, 0.2) is 5.13 Å². The molecule has 7 rings (SSSR count). The Balaban J connectivity index is 1.22. The fraction of sp³-hybridized carbons (Fsp3) is 0.333. The number of benzene rings is 1. The van der Waals surface area contributed by atoms with Crippen molar-refractivity contribution in [3.63, 3.8) is 0 Å². The molecule has 6 heterocycles. The van der Waals surface area contributed by atoms with Crippen LogP contribution in [0.4, 0.5) is 5.13 Å². The van der Waals surface area contributed by atoms with Crippen molar-refractivity contribution in [1.82, 2.24) is 25.1 Å². The molecule has 2 atom stereocenters. The van der Waals surface area contributed by atoms with Crippen LogP contribution >= 0.6 is 11.3 Å². The van der Waals surface area contributed by atoms with Gasteiger partial charge in [0.05, 0.1) is 22.0 Å². The summed E-state index contributed by atoms with van der Waals surface area (Å²) in [6.45, 7) is 2.29. The molecule has 0 aliphatic carbocycles. The summed E-state index contributed by atoms with van der Waals surface area (Å²) in [6.07, 6.45) is 7.20. The first-order valence-electron chi connectivity index (χ1n) is 11.0. The molecule has 3 aromatic heterocycles. The first-order valence-corrected chi connectivity index (χ1v) is 11.8. The number of thiazole rings is 1. The quantitative estimate of drug-likeness (QED) is 0.500. The van der Waals surface area contributed by atoms with E-state index in [1.54, 1.807) is 0 Å². The van der Waals surface area contributed by atoms with Crippen LogP contribution in [-0.4, -0.2) is 50.3 Å². The summed E-state index contributed by atoms with van der Waals surface area (Å²) in [6, 6.07) is 14.5. The van der Waals surface area contributed by atoms with Crippen molar-refractivity contribution in [2.45, 2.75) is 31.4 Å². The zero-order valence-electron chi connectivity index (χ0n) is 17.6. The van der Waals surface area contributed by atoms with Gasteiger partial charge in [-0.15, -0.1) is 10.2 Å². The zero-order chi connectivity index (χ0) is 21.5. The summed E-state index contributed by atoms with van der Waals surface area (Å²) < 4.78 is 7.55. The zero-order valence-corrected chi connectivity index (χ0v) is 18.4. The Kier molecular flexibility index (Phi) is 4.96. The normalized spacial score (nSPS) is 24.6. The summed E-state index contributed by atoms with van der Waals surface area (Å²) in [4.78, 5) is 11.2. The number of aromatic nitrogens is 4. The molecule has 2 N–H and O–H groups in total. The van der Waals surface area contributed by atoms with Crippen molar-refractivity contribution in [3.05, 3.63) is 60.4 Å². The second-order valence-corrected chi connectivity index (χ2v) is 9.64. The number of fused-ring (bicyclic) bond motifs is 4. The third-order valence-electron chi connectivity index (χ3n) is 6.65. The number of rotatable bonds is 5. The number of pyridine rings is 1.